The summed E-state index contributed by atoms with van der Waals surface area (Å²) in [6.07, 6.45) is 5.46. The molecule has 11 heteroatoms. The molecule has 30 heavy (non-hydrogen) atoms. The third-order valence-electron chi connectivity index (χ3n) is 5.27. The molecule has 0 unspecified atom stereocenters. The highest BCUT2D eigenvalue weighted by Crippen LogP contribution is 2.27. The van der Waals surface area contributed by atoms with Gasteiger partial charge in [0.15, 0.2) is 28.9 Å². The third kappa shape index (κ3) is 3.93. The minimum absolute atomic E-state index is 0.136. The van der Waals surface area contributed by atoms with Gasteiger partial charge in [-0.1, -0.05) is 0 Å². The lowest BCUT2D eigenvalue weighted by molar-refractivity contribution is 0.0275. The van der Waals surface area contributed by atoms with Crippen LogP contribution in [-0.4, -0.2) is 38.9 Å². The maximum atomic E-state index is 13.7. The Bertz CT molecular complexity index is 1020. The van der Waals surface area contributed by atoms with E-state index in [4.69, 9.17) is 4.74 Å². The van der Waals surface area contributed by atoms with Crippen molar-refractivity contribution in [1.82, 2.24) is 20.2 Å². The lowest BCUT2D eigenvalue weighted by atomic mass is 9.93. The van der Waals surface area contributed by atoms with Crippen LogP contribution in [0.3, 0.4) is 0 Å². The Balaban J connectivity index is 1.28. The SMILES string of the molecule is Fc1c(F)c(F)c(CCOC2CCC(Nc3ncnc4[nH]ncc34)CC2)c(F)c1F. The summed E-state index contributed by atoms with van der Waals surface area (Å²) in [6, 6.07) is 0.160. The number of fused-ring (bicyclic) bond motifs is 1. The fourth-order valence-corrected chi connectivity index (χ4v) is 3.64. The number of anilines is 1. The molecule has 1 aromatic carbocycles. The molecule has 0 bridgehead atoms. The molecule has 0 amide bonds. The van der Waals surface area contributed by atoms with Crippen LogP contribution in [0.5, 0.6) is 0 Å². The highest BCUT2D eigenvalue weighted by Gasteiger charge is 2.26. The molecule has 3 aromatic rings. The van der Waals surface area contributed by atoms with Crippen LogP contribution in [0.4, 0.5) is 27.8 Å². The van der Waals surface area contributed by atoms with Gasteiger partial charge >= 0.3 is 0 Å². The van der Waals surface area contributed by atoms with E-state index in [1.807, 2.05) is 0 Å². The average molecular weight is 427 g/mol. The molecule has 1 aliphatic rings. The van der Waals surface area contributed by atoms with E-state index < -0.39 is 41.1 Å². The van der Waals surface area contributed by atoms with Gasteiger partial charge in [-0.25, -0.2) is 31.9 Å². The topological polar surface area (TPSA) is 75.7 Å². The Morgan fingerprint density at radius 2 is 1.60 bits per heavy atom. The number of nitrogens with one attached hydrogen (secondary N) is 2. The second-order valence-electron chi connectivity index (χ2n) is 7.14. The van der Waals surface area contributed by atoms with Crippen LogP contribution in [0.1, 0.15) is 31.2 Å². The number of aromatic amines is 1. The number of nitrogens with zero attached hydrogens (tertiary/aromatic N) is 3. The van der Waals surface area contributed by atoms with Gasteiger partial charge in [0.1, 0.15) is 12.1 Å². The molecule has 1 saturated carbocycles. The van der Waals surface area contributed by atoms with Crippen molar-refractivity contribution < 1.29 is 26.7 Å². The van der Waals surface area contributed by atoms with E-state index in [-0.39, 0.29) is 18.8 Å². The molecule has 0 aliphatic heterocycles. The van der Waals surface area contributed by atoms with Crippen LogP contribution in [0.2, 0.25) is 0 Å². The summed E-state index contributed by atoms with van der Waals surface area (Å²) in [6.45, 7) is -0.136. The first-order chi connectivity index (χ1) is 14.5. The second kappa shape index (κ2) is 8.50. The fraction of sp³-hybridized carbons (Fsp3) is 0.421. The van der Waals surface area contributed by atoms with Gasteiger partial charge in [-0.2, -0.15) is 5.10 Å². The maximum Gasteiger partial charge on any atom is 0.200 e. The molecular weight excluding hydrogens is 409 g/mol. The normalized spacial score (nSPS) is 19.4. The molecule has 2 aromatic heterocycles. The first-order valence-corrected chi connectivity index (χ1v) is 9.48. The number of hydrogen-bond donors (Lipinski definition) is 2. The highest BCUT2D eigenvalue weighted by molar-refractivity contribution is 5.85. The van der Waals surface area contributed by atoms with Gasteiger partial charge in [-0.3, -0.25) is 5.10 Å². The largest absolute Gasteiger partial charge is 0.378 e. The standard InChI is InChI=1S/C19H18F5N5O/c20-13-11(14(21)16(23)17(24)15(13)22)5-6-30-10-3-1-9(2-4-10)28-18-12-7-27-29-19(12)26-8-25-18/h7-10H,1-6H2,(H2,25,26,27,28,29). The summed E-state index contributed by atoms with van der Waals surface area (Å²) >= 11 is 0. The highest BCUT2D eigenvalue weighted by atomic mass is 19.2. The van der Waals surface area contributed by atoms with E-state index in [1.165, 1.54) is 6.33 Å². The Labute approximate surface area is 167 Å². The number of rotatable bonds is 6. The molecule has 2 heterocycles. The van der Waals surface area contributed by atoms with Crippen LogP contribution in [-0.2, 0) is 11.2 Å². The number of aromatic nitrogens is 4. The van der Waals surface area contributed by atoms with Crippen molar-refractivity contribution in [1.29, 1.82) is 0 Å². The van der Waals surface area contributed by atoms with Gasteiger partial charge in [0.25, 0.3) is 0 Å². The van der Waals surface area contributed by atoms with Gasteiger partial charge in [0, 0.05) is 18.0 Å². The summed E-state index contributed by atoms with van der Waals surface area (Å²) in [5.41, 5.74) is -0.215. The monoisotopic (exact) mass is 427 g/mol. The minimum atomic E-state index is -2.16. The predicted molar refractivity (Wildman–Crippen MR) is 97.2 cm³/mol. The van der Waals surface area contributed by atoms with E-state index in [2.05, 4.69) is 25.5 Å². The van der Waals surface area contributed by atoms with E-state index >= 15 is 0 Å². The summed E-state index contributed by atoms with van der Waals surface area (Å²) in [7, 11) is 0. The number of halogens is 5. The van der Waals surface area contributed by atoms with E-state index in [0.29, 0.717) is 24.3 Å². The van der Waals surface area contributed by atoms with Crippen molar-refractivity contribution in [3.63, 3.8) is 0 Å². The number of hydrogen-bond acceptors (Lipinski definition) is 5. The van der Waals surface area contributed by atoms with E-state index in [9.17, 15) is 22.0 Å². The lowest BCUT2D eigenvalue weighted by Gasteiger charge is -2.29. The molecule has 1 aliphatic carbocycles. The van der Waals surface area contributed by atoms with Crippen LogP contribution in [0.15, 0.2) is 12.5 Å². The van der Waals surface area contributed by atoms with Crippen molar-refractivity contribution >= 4 is 16.9 Å². The summed E-state index contributed by atoms with van der Waals surface area (Å²) in [4.78, 5) is 8.32. The molecule has 1 fully saturated rings. The maximum absolute atomic E-state index is 13.7. The van der Waals surface area contributed by atoms with Crippen molar-refractivity contribution in [2.45, 2.75) is 44.2 Å². The molecule has 0 saturated heterocycles. The molecular formula is C19H18F5N5O. The Morgan fingerprint density at radius 1 is 0.933 bits per heavy atom. The Hall–Kier alpha value is -2.82. The fourth-order valence-electron chi connectivity index (χ4n) is 3.64. The number of H-pyrrole nitrogens is 1. The van der Waals surface area contributed by atoms with Crippen molar-refractivity contribution in [3.8, 4) is 0 Å². The van der Waals surface area contributed by atoms with Gasteiger partial charge in [-0.05, 0) is 25.7 Å². The molecule has 6 nitrogen and oxygen atoms in total. The Kier molecular flexibility index (Phi) is 5.80. The van der Waals surface area contributed by atoms with Crippen molar-refractivity contribution in [3.05, 3.63) is 47.2 Å². The van der Waals surface area contributed by atoms with Gasteiger partial charge in [0.05, 0.1) is 24.3 Å². The average Bonchev–Trinajstić information content (AvgIpc) is 3.24. The summed E-state index contributed by atoms with van der Waals surface area (Å²) < 4.78 is 72.7. The van der Waals surface area contributed by atoms with Crippen molar-refractivity contribution in [2.24, 2.45) is 0 Å². The molecule has 160 valence electrons. The van der Waals surface area contributed by atoms with Crippen LogP contribution >= 0.6 is 0 Å². The van der Waals surface area contributed by atoms with Crippen molar-refractivity contribution in [2.75, 3.05) is 11.9 Å². The summed E-state index contributed by atoms with van der Waals surface area (Å²) in [5.74, 6) is -8.96. The quantitative estimate of drug-likeness (QED) is 0.353. The van der Waals surface area contributed by atoms with Crippen LogP contribution in [0.25, 0.3) is 11.0 Å². The zero-order valence-corrected chi connectivity index (χ0v) is 15.7. The number of benzene rings is 1. The summed E-state index contributed by atoms with van der Waals surface area (Å²) in [5, 5.41) is 10.9. The zero-order chi connectivity index (χ0) is 21.3. The van der Waals surface area contributed by atoms with Crippen LogP contribution < -0.4 is 5.32 Å². The number of ether oxygens (including phenoxy) is 1. The van der Waals surface area contributed by atoms with Crippen LogP contribution in [0, 0.1) is 29.1 Å². The van der Waals surface area contributed by atoms with Gasteiger partial charge < -0.3 is 10.1 Å². The predicted octanol–water partition coefficient (Wildman–Crippen LogP) is 4.03. The second-order valence-corrected chi connectivity index (χ2v) is 7.14. The van der Waals surface area contributed by atoms with E-state index in [1.54, 1.807) is 6.20 Å². The molecule has 0 spiro atoms. The molecule has 0 radical (unpaired) electrons. The molecule has 2 N–H and O–H groups in total. The smallest absolute Gasteiger partial charge is 0.200 e. The molecule has 4 rings (SSSR count). The van der Waals surface area contributed by atoms with Gasteiger partial charge in [-0.15, -0.1) is 0 Å². The lowest BCUT2D eigenvalue weighted by Crippen LogP contribution is -2.30. The Morgan fingerprint density at radius 3 is 2.30 bits per heavy atom. The van der Waals surface area contributed by atoms with E-state index in [0.717, 1.165) is 18.2 Å². The molecule has 0 atom stereocenters. The first-order valence-electron chi connectivity index (χ1n) is 9.48. The first kappa shape index (κ1) is 20.5. The zero-order valence-electron chi connectivity index (χ0n) is 15.7. The third-order valence-corrected chi connectivity index (χ3v) is 5.27. The van der Waals surface area contributed by atoms with Gasteiger partial charge in [0.2, 0.25) is 5.82 Å². The minimum Gasteiger partial charge on any atom is -0.378 e.